The molecular weight excluding hydrogens is 1250 g/mol. The third kappa shape index (κ3) is 423. The minimum Gasteiger partial charge on any atom is -0.466 e. The molecule has 0 aliphatic heterocycles. The highest BCUT2D eigenvalue weighted by Crippen LogP contribution is 1.77. The van der Waals surface area contributed by atoms with Crippen LogP contribution in [0.3, 0.4) is 0 Å². The van der Waals surface area contributed by atoms with E-state index in [0.29, 0.717) is 99.1 Å². The fraction of sp³-hybridized carbons (Fsp3) is 0.762. The molecule has 0 radical (unpaired) electrons. The largest absolute Gasteiger partial charge is 0.466 e. The summed E-state index contributed by atoms with van der Waals surface area (Å²) in [7, 11) is 0. The zero-order valence-corrected chi connectivity index (χ0v) is 63.4. The molecule has 0 saturated heterocycles. The molecule has 0 aromatic heterocycles. The average molecular weight is 1380 g/mol. The molecule has 1 N–H and O–H groups in total. The molecule has 94 heavy (non-hydrogen) atoms. The summed E-state index contributed by atoms with van der Waals surface area (Å²) in [5.41, 5.74) is 0. The summed E-state index contributed by atoms with van der Waals surface area (Å²) in [6, 6.07) is 0. The van der Waals surface area contributed by atoms with Gasteiger partial charge >= 0.3 is 89.5 Å². The van der Waals surface area contributed by atoms with E-state index in [1.54, 1.807) is 118 Å². The molecule has 31 heteroatoms. The van der Waals surface area contributed by atoms with Crippen molar-refractivity contribution in [2.45, 2.75) is 228 Å². The maximum Gasteiger partial charge on any atom is 0.302 e. The van der Waals surface area contributed by atoms with E-state index in [1.165, 1.54) is 104 Å². The minimum atomic E-state index is -0.211. The molecule has 0 rings (SSSR count). The quantitative estimate of drug-likeness (QED) is 0.118. The molecule has 31 nitrogen and oxygen atoms in total. The van der Waals surface area contributed by atoms with E-state index >= 15 is 0 Å². The molecule has 0 fully saturated rings. The highest BCUT2D eigenvalue weighted by molar-refractivity contribution is 5.69. The van der Waals surface area contributed by atoms with Crippen LogP contribution in [0.2, 0.25) is 0 Å². The summed E-state index contributed by atoms with van der Waals surface area (Å²) in [6.07, 6.45) is -0.167. The van der Waals surface area contributed by atoms with Gasteiger partial charge in [0, 0.05) is 110 Å². The van der Waals surface area contributed by atoms with Gasteiger partial charge in [0.1, 0.15) is 0 Å². The maximum atomic E-state index is 9.82. The van der Waals surface area contributed by atoms with Gasteiger partial charge in [0.05, 0.1) is 99.1 Å². The van der Waals surface area contributed by atoms with Crippen molar-refractivity contribution in [3.8, 4) is 0 Å². The number of rotatable bonds is 15. The van der Waals surface area contributed by atoms with Crippen LogP contribution < -0.4 is 0 Å². The van der Waals surface area contributed by atoms with E-state index in [2.05, 4.69) is 71.1 Å². The van der Waals surface area contributed by atoms with Crippen molar-refractivity contribution in [3.63, 3.8) is 0 Å². The van der Waals surface area contributed by atoms with E-state index in [9.17, 15) is 71.9 Å². The van der Waals surface area contributed by atoms with Gasteiger partial charge in [-0.2, -0.15) is 0 Å². The van der Waals surface area contributed by atoms with Gasteiger partial charge in [-0.05, 0) is 118 Å². The maximum absolute atomic E-state index is 9.82. The molecule has 0 spiro atoms. The Kier molecular flexibility index (Phi) is 165. The van der Waals surface area contributed by atoms with Crippen molar-refractivity contribution in [3.05, 3.63) is 0 Å². The Morgan fingerprint density at radius 3 is 0.202 bits per heavy atom. The van der Waals surface area contributed by atoms with Crippen molar-refractivity contribution in [1.82, 2.24) is 0 Å². The van der Waals surface area contributed by atoms with E-state index in [4.69, 9.17) is 5.11 Å². The van der Waals surface area contributed by atoms with Crippen LogP contribution in [0.1, 0.15) is 222 Å². The van der Waals surface area contributed by atoms with Crippen LogP contribution in [0.15, 0.2) is 0 Å². The standard InChI is InChI=1S/15C4H8O2.C3H8O/c15*1-3-6-4(2)5;1-3(2)4/h15*3H2,1-2H3;3-4H,1-2H3. The Morgan fingerprint density at radius 1 is 0.170 bits per heavy atom. The SMILES string of the molecule is CC(C)O.CCOC(C)=O.CCOC(C)=O.CCOC(C)=O.CCOC(C)=O.CCOC(C)=O.CCOC(C)=O.CCOC(C)=O.CCOC(C)=O.CCOC(C)=O.CCOC(C)=O.CCOC(C)=O.CCOC(C)=O.CCOC(C)=O.CCOC(C)=O.CCOC(C)=O. The van der Waals surface area contributed by atoms with Gasteiger partial charge in [-0.15, -0.1) is 0 Å². The molecule has 0 heterocycles. The second-order valence-corrected chi connectivity index (χ2v) is 15.0. The molecule has 0 bridgehead atoms. The van der Waals surface area contributed by atoms with Gasteiger partial charge in [0.2, 0.25) is 0 Å². The second-order valence-electron chi connectivity index (χ2n) is 15.0. The summed E-state index contributed by atoms with van der Waals surface area (Å²) in [4.78, 5) is 147. The molecular formula is C63H128O31. The predicted octanol–water partition coefficient (Wildman–Crippen LogP) is 8.93. The molecule has 0 aromatic rings. The first-order chi connectivity index (χ1) is 43.3. The number of ether oxygens (including phenoxy) is 15. The zero-order chi connectivity index (χ0) is 78.5. The van der Waals surface area contributed by atoms with Crippen molar-refractivity contribution in [2.24, 2.45) is 0 Å². The lowest BCUT2D eigenvalue weighted by Gasteiger charge is -1.89. The third-order valence-electron chi connectivity index (χ3n) is 5.21. The van der Waals surface area contributed by atoms with Crippen LogP contribution in [0.4, 0.5) is 0 Å². The van der Waals surface area contributed by atoms with E-state index in [-0.39, 0.29) is 95.6 Å². The van der Waals surface area contributed by atoms with Crippen molar-refractivity contribution < 1.29 is 148 Å². The van der Waals surface area contributed by atoms with Crippen LogP contribution in [0, 0.1) is 0 Å². The molecule has 0 unspecified atom stereocenters. The van der Waals surface area contributed by atoms with Crippen LogP contribution >= 0.6 is 0 Å². The number of carbonyl (C=O) groups excluding carboxylic acids is 15. The van der Waals surface area contributed by atoms with Gasteiger partial charge < -0.3 is 76.2 Å². The molecule has 0 amide bonds. The number of aliphatic hydroxyl groups excluding tert-OH is 1. The molecule has 0 aromatic carbocycles. The van der Waals surface area contributed by atoms with Gasteiger partial charge in [-0.3, -0.25) is 71.9 Å². The molecule has 0 atom stereocenters. The number of hydrogen-bond donors (Lipinski definition) is 1. The number of hydrogen-bond acceptors (Lipinski definition) is 31. The first-order valence-electron chi connectivity index (χ1n) is 30.0. The van der Waals surface area contributed by atoms with Crippen LogP contribution in [-0.2, 0) is 143 Å². The van der Waals surface area contributed by atoms with Gasteiger partial charge in [0.25, 0.3) is 0 Å². The van der Waals surface area contributed by atoms with Crippen LogP contribution in [0.25, 0.3) is 0 Å². The lowest BCUT2D eigenvalue weighted by molar-refractivity contribution is -0.141. The van der Waals surface area contributed by atoms with Crippen molar-refractivity contribution >= 4 is 89.5 Å². The Hall–Kier alpha value is -7.99. The highest BCUT2D eigenvalue weighted by atomic mass is 16.6. The Labute approximate surface area is 562 Å². The first-order valence-corrected chi connectivity index (χ1v) is 30.0. The van der Waals surface area contributed by atoms with Crippen LogP contribution in [-0.4, -0.2) is 200 Å². The topological polar surface area (TPSA) is 415 Å². The lowest BCUT2D eigenvalue weighted by atomic mass is 10.5. The summed E-state index contributed by atoms with van der Waals surface area (Å²) >= 11 is 0. The Bertz CT molecular complexity index is 1260. The fourth-order valence-electron chi connectivity index (χ4n) is 3.05. The third-order valence-corrected chi connectivity index (χ3v) is 5.21. The zero-order valence-electron chi connectivity index (χ0n) is 63.4. The lowest BCUT2D eigenvalue weighted by Crippen LogP contribution is -1.95. The van der Waals surface area contributed by atoms with Crippen LogP contribution in [0.5, 0.6) is 0 Å². The summed E-state index contributed by atoms with van der Waals surface area (Å²) in [5.74, 6) is -3.16. The minimum absolute atomic E-state index is 0.167. The number of esters is 15. The van der Waals surface area contributed by atoms with E-state index in [1.807, 2.05) is 0 Å². The number of aliphatic hydroxyl groups is 1. The van der Waals surface area contributed by atoms with Crippen molar-refractivity contribution in [2.75, 3.05) is 99.1 Å². The average Bonchev–Trinajstić information content (AvgIpc) is 3.38. The fourth-order valence-corrected chi connectivity index (χ4v) is 3.05. The Morgan fingerprint density at radius 2 is 0.202 bits per heavy atom. The Balaban J connectivity index is -0.0000000493. The van der Waals surface area contributed by atoms with Gasteiger partial charge in [-0.25, -0.2) is 0 Å². The molecule has 0 saturated carbocycles. The smallest absolute Gasteiger partial charge is 0.302 e. The molecule has 566 valence electrons. The van der Waals surface area contributed by atoms with E-state index < -0.39 is 0 Å². The predicted molar refractivity (Wildman–Crippen MR) is 352 cm³/mol. The second kappa shape index (κ2) is 122. The monoisotopic (exact) mass is 1380 g/mol. The number of carbonyl (C=O) groups is 15. The van der Waals surface area contributed by atoms with Gasteiger partial charge in [-0.1, -0.05) is 0 Å². The highest BCUT2D eigenvalue weighted by Gasteiger charge is 1.89. The summed E-state index contributed by atoms with van der Waals surface area (Å²) in [5, 5.41) is 8.06. The summed E-state index contributed by atoms with van der Waals surface area (Å²) in [6.45, 7) is 58.2. The normalized spacial score (nSPS) is 7.72. The molecule has 0 aliphatic carbocycles. The summed E-state index contributed by atoms with van der Waals surface area (Å²) < 4.78 is 66.0. The van der Waals surface area contributed by atoms with Gasteiger partial charge in [0.15, 0.2) is 0 Å². The van der Waals surface area contributed by atoms with Crippen molar-refractivity contribution in [1.29, 1.82) is 0 Å². The molecule has 0 aliphatic rings. The van der Waals surface area contributed by atoms with E-state index in [0.717, 1.165) is 0 Å². The first kappa shape index (κ1) is 127.